The molecule has 1 heterocycles. The lowest BCUT2D eigenvalue weighted by Crippen LogP contribution is -2.52. The Morgan fingerprint density at radius 1 is 1.14 bits per heavy atom. The predicted molar refractivity (Wildman–Crippen MR) is 81.7 cm³/mol. The molecule has 0 aromatic heterocycles. The summed E-state index contributed by atoms with van der Waals surface area (Å²) in [5.41, 5.74) is 0. The van der Waals surface area contributed by atoms with Crippen molar-refractivity contribution in [2.75, 3.05) is 6.61 Å². The van der Waals surface area contributed by atoms with E-state index in [1.807, 2.05) is 0 Å². The highest BCUT2D eigenvalue weighted by Crippen LogP contribution is 2.43. The monoisotopic (exact) mass is 329 g/mol. The molecule has 0 amide bonds. The zero-order valence-corrected chi connectivity index (χ0v) is 13.4. The van der Waals surface area contributed by atoms with Gasteiger partial charge >= 0.3 is 0 Å². The minimum atomic E-state index is -3.58. The van der Waals surface area contributed by atoms with Crippen LogP contribution < -0.4 is 0 Å². The van der Waals surface area contributed by atoms with Crippen LogP contribution in [0.4, 0.5) is 0 Å². The molecule has 6 heteroatoms. The topological polar surface area (TPSA) is 57.6 Å². The molecular formula is C15H20ClNO3S. The highest BCUT2D eigenvalue weighted by atomic mass is 35.5. The molecule has 0 radical (unpaired) electrons. The number of rotatable bonds is 4. The molecule has 0 bridgehead atoms. The van der Waals surface area contributed by atoms with Crippen LogP contribution in [0.1, 0.15) is 32.1 Å². The Balaban J connectivity index is 1.97. The van der Waals surface area contributed by atoms with E-state index in [0.29, 0.717) is 10.9 Å². The molecule has 1 saturated heterocycles. The van der Waals surface area contributed by atoms with E-state index in [4.69, 9.17) is 11.6 Å². The van der Waals surface area contributed by atoms with Gasteiger partial charge in [-0.2, -0.15) is 4.31 Å². The zero-order chi connectivity index (χ0) is 15.0. The molecule has 2 atom stereocenters. The molecule has 2 aliphatic rings. The van der Waals surface area contributed by atoms with Crippen LogP contribution in [-0.4, -0.2) is 36.5 Å². The fraction of sp³-hybridized carbons (Fsp3) is 0.600. The van der Waals surface area contributed by atoms with Gasteiger partial charge in [0, 0.05) is 17.1 Å². The number of nitrogens with zero attached hydrogens (tertiary/aromatic N) is 1. The fourth-order valence-electron chi connectivity index (χ4n) is 3.29. The average molecular weight is 330 g/mol. The first-order valence-corrected chi connectivity index (χ1v) is 9.26. The summed E-state index contributed by atoms with van der Waals surface area (Å²) >= 11 is 5.84. The molecule has 0 spiro atoms. The number of hydrogen-bond donors (Lipinski definition) is 1. The van der Waals surface area contributed by atoms with Crippen LogP contribution in [0, 0.1) is 5.92 Å². The number of hydrogen-bond acceptors (Lipinski definition) is 3. The number of aliphatic hydroxyl groups excluding tert-OH is 1. The van der Waals surface area contributed by atoms with Crippen LogP contribution in [0.3, 0.4) is 0 Å². The summed E-state index contributed by atoms with van der Waals surface area (Å²) in [6.07, 6.45) is 4.80. The lowest BCUT2D eigenvalue weighted by molar-refractivity contribution is 0.106. The van der Waals surface area contributed by atoms with Crippen LogP contribution >= 0.6 is 11.6 Å². The van der Waals surface area contributed by atoms with Gasteiger partial charge in [-0.05, 0) is 55.9 Å². The molecule has 116 valence electrons. The van der Waals surface area contributed by atoms with Crippen LogP contribution in [0.5, 0.6) is 0 Å². The Morgan fingerprint density at radius 3 is 2.38 bits per heavy atom. The molecule has 4 nitrogen and oxygen atoms in total. The minimum Gasteiger partial charge on any atom is -0.395 e. The van der Waals surface area contributed by atoms with Crippen molar-refractivity contribution in [3.8, 4) is 0 Å². The van der Waals surface area contributed by atoms with E-state index >= 15 is 0 Å². The van der Waals surface area contributed by atoms with E-state index in [1.165, 1.54) is 0 Å². The lowest BCUT2D eigenvalue weighted by Gasteiger charge is -2.40. The quantitative estimate of drug-likeness (QED) is 0.924. The molecule has 1 aromatic carbocycles. The Hall–Kier alpha value is -0.620. The third-order valence-electron chi connectivity index (χ3n) is 4.49. The van der Waals surface area contributed by atoms with E-state index in [2.05, 4.69) is 0 Å². The maximum atomic E-state index is 13.0. The number of piperidine rings is 1. The van der Waals surface area contributed by atoms with Crippen LogP contribution in [-0.2, 0) is 10.0 Å². The first-order valence-electron chi connectivity index (χ1n) is 7.44. The first-order chi connectivity index (χ1) is 10.0. The lowest BCUT2D eigenvalue weighted by atomic mass is 9.96. The number of aliphatic hydroxyl groups is 1. The van der Waals surface area contributed by atoms with E-state index < -0.39 is 10.0 Å². The van der Waals surface area contributed by atoms with Crippen molar-refractivity contribution in [3.05, 3.63) is 29.3 Å². The molecule has 1 N–H and O–H groups in total. The summed E-state index contributed by atoms with van der Waals surface area (Å²) in [5, 5.41) is 10.1. The summed E-state index contributed by atoms with van der Waals surface area (Å²) in [6, 6.07) is 6.02. The van der Waals surface area contributed by atoms with Gasteiger partial charge in [-0.1, -0.05) is 18.0 Å². The van der Waals surface area contributed by atoms with Gasteiger partial charge in [-0.25, -0.2) is 8.42 Å². The van der Waals surface area contributed by atoms with Gasteiger partial charge in [0.25, 0.3) is 0 Å². The SMILES string of the molecule is O=S(=O)(c1ccc(Cl)cc1)N1[C@H](CO)CCC[C@@H]1C1CC1. The second-order valence-corrected chi connectivity index (χ2v) is 8.24. The maximum absolute atomic E-state index is 13.0. The Bertz CT molecular complexity index is 598. The molecule has 0 unspecified atom stereocenters. The van der Waals surface area contributed by atoms with Crippen molar-refractivity contribution in [2.24, 2.45) is 5.92 Å². The van der Waals surface area contributed by atoms with Gasteiger partial charge in [0.15, 0.2) is 0 Å². The van der Waals surface area contributed by atoms with E-state index in [1.54, 1.807) is 28.6 Å². The van der Waals surface area contributed by atoms with Crippen molar-refractivity contribution >= 4 is 21.6 Å². The average Bonchev–Trinajstić information content (AvgIpc) is 3.31. The summed E-state index contributed by atoms with van der Waals surface area (Å²) in [4.78, 5) is 0.262. The van der Waals surface area contributed by atoms with Crippen molar-refractivity contribution in [1.82, 2.24) is 4.31 Å². The summed E-state index contributed by atoms with van der Waals surface area (Å²) in [5.74, 6) is 0.460. The molecule has 1 aliphatic heterocycles. The number of benzene rings is 1. The molecule has 21 heavy (non-hydrogen) atoms. The highest BCUT2D eigenvalue weighted by molar-refractivity contribution is 7.89. The summed E-state index contributed by atoms with van der Waals surface area (Å²) in [7, 11) is -3.58. The van der Waals surface area contributed by atoms with Crippen molar-refractivity contribution in [3.63, 3.8) is 0 Å². The number of halogens is 1. The minimum absolute atomic E-state index is 0.0385. The molecule has 2 fully saturated rings. The maximum Gasteiger partial charge on any atom is 0.243 e. The van der Waals surface area contributed by atoms with Crippen LogP contribution in [0.25, 0.3) is 0 Å². The van der Waals surface area contributed by atoms with Gasteiger partial charge in [-0.3, -0.25) is 0 Å². The Kier molecular flexibility index (Phi) is 4.28. The number of sulfonamides is 1. The van der Waals surface area contributed by atoms with Crippen molar-refractivity contribution < 1.29 is 13.5 Å². The third-order valence-corrected chi connectivity index (χ3v) is 6.73. The summed E-state index contributed by atoms with van der Waals surface area (Å²) in [6.45, 7) is -0.115. The second kappa shape index (κ2) is 5.88. The van der Waals surface area contributed by atoms with Crippen LogP contribution in [0.2, 0.25) is 5.02 Å². The van der Waals surface area contributed by atoms with E-state index in [9.17, 15) is 13.5 Å². The molecule has 1 aliphatic carbocycles. The molecule has 1 saturated carbocycles. The van der Waals surface area contributed by atoms with Gasteiger partial charge in [-0.15, -0.1) is 0 Å². The summed E-state index contributed by atoms with van der Waals surface area (Å²) < 4.78 is 27.5. The fourth-order valence-corrected chi connectivity index (χ4v) is 5.33. The standard InChI is InChI=1S/C15H20ClNO3S/c16-12-6-8-14(9-7-12)21(19,20)17-13(10-18)2-1-3-15(17)11-4-5-11/h6-9,11,13,15,18H,1-5,10H2/t13-,15+/m0/s1. The molecule has 1 aromatic rings. The molecule has 3 rings (SSSR count). The first kappa shape index (κ1) is 15.3. The van der Waals surface area contributed by atoms with Gasteiger partial charge < -0.3 is 5.11 Å². The van der Waals surface area contributed by atoms with Gasteiger partial charge in [0.2, 0.25) is 10.0 Å². The molecular weight excluding hydrogens is 310 g/mol. The van der Waals surface area contributed by atoms with Gasteiger partial charge in [0.1, 0.15) is 0 Å². The zero-order valence-electron chi connectivity index (χ0n) is 11.8. The van der Waals surface area contributed by atoms with Crippen molar-refractivity contribution in [2.45, 2.75) is 49.1 Å². The van der Waals surface area contributed by atoms with E-state index in [0.717, 1.165) is 32.1 Å². The van der Waals surface area contributed by atoms with Gasteiger partial charge in [0.05, 0.1) is 11.5 Å². The predicted octanol–water partition coefficient (Wildman–Crippen LogP) is 2.65. The van der Waals surface area contributed by atoms with Crippen molar-refractivity contribution in [1.29, 1.82) is 0 Å². The smallest absolute Gasteiger partial charge is 0.243 e. The van der Waals surface area contributed by atoms with E-state index in [-0.39, 0.29) is 23.6 Å². The highest BCUT2D eigenvalue weighted by Gasteiger charge is 2.45. The third kappa shape index (κ3) is 2.97. The largest absolute Gasteiger partial charge is 0.395 e. The van der Waals surface area contributed by atoms with Crippen LogP contribution in [0.15, 0.2) is 29.2 Å². The Morgan fingerprint density at radius 2 is 1.81 bits per heavy atom. The Labute approximate surface area is 130 Å². The second-order valence-electron chi connectivity index (χ2n) is 5.96. The normalized spacial score (nSPS) is 27.7.